The number of carboxylic acids is 1. The van der Waals surface area contributed by atoms with Gasteiger partial charge in [0.15, 0.2) is 0 Å². The summed E-state index contributed by atoms with van der Waals surface area (Å²) in [5.74, 6) is -0.495. The van der Waals surface area contributed by atoms with Crippen LogP contribution in [0.4, 0.5) is 5.82 Å². The van der Waals surface area contributed by atoms with Crippen molar-refractivity contribution in [3.05, 3.63) is 57.2 Å². The number of hydrogen-bond donors (Lipinski definition) is 1. The van der Waals surface area contributed by atoms with Crippen molar-refractivity contribution in [2.24, 2.45) is 0 Å². The summed E-state index contributed by atoms with van der Waals surface area (Å²) in [5.41, 5.74) is 1.22. The molecule has 2 rings (SSSR count). The maximum atomic E-state index is 11.0. The molecule has 0 aliphatic rings. The van der Waals surface area contributed by atoms with E-state index in [-0.39, 0.29) is 10.7 Å². The highest BCUT2D eigenvalue weighted by Gasteiger charge is 2.11. The Morgan fingerprint density at radius 2 is 2.00 bits per heavy atom. The van der Waals surface area contributed by atoms with Crippen LogP contribution < -0.4 is 4.90 Å². The molecule has 20 heavy (non-hydrogen) atoms. The maximum Gasteiger partial charge on any atom is 0.335 e. The third-order valence-corrected chi connectivity index (χ3v) is 3.47. The van der Waals surface area contributed by atoms with Crippen LogP contribution in [0, 0.1) is 0 Å². The van der Waals surface area contributed by atoms with Crippen molar-refractivity contribution in [1.29, 1.82) is 0 Å². The molecule has 0 aliphatic heterocycles. The van der Waals surface area contributed by atoms with E-state index in [0.29, 0.717) is 12.4 Å². The van der Waals surface area contributed by atoms with Crippen LogP contribution in [0.15, 0.2) is 40.9 Å². The predicted molar refractivity (Wildman–Crippen MR) is 82.5 cm³/mol. The zero-order valence-electron chi connectivity index (χ0n) is 10.7. The average molecular weight is 356 g/mol. The number of benzene rings is 1. The van der Waals surface area contributed by atoms with Crippen molar-refractivity contribution in [2.45, 2.75) is 6.54 Å². The average Bonchev–Trinajstić information content (AvgIpc) is 2.40. The summed E-state index contributed by atoms with van der Waals surface area (Å²) in [6, 6.07) is 10.7. The topological polar surface area (TPSA) is 53.4 Å². The Hall–Kier alpha value is -1.59. The van der Waals surface area contributed by atoms with E-state index in [9.17, 15) is 4.79 Å². The number of aromatic carboxylic acids is 1. The number of pyridine rings is 1. The van der Waals surface area contributed by atoms with Crippen molar-refractivity contribution in [1.82, 2.24) is 4.98 Å². The fraction of sp³-hybridized carbons (Fsp3) is 0.143. The van der Waals surface area contributed by atoms with Crippen molar-refractivity contribution in [2.75, 3.05) is 11.9 Å². The normalized spacial score (nSPS) is 10.3. The molecule has 6 heteroatoms. The number of aromatic nitrogens is 1. The molecule has 0 saturated heterocycles. The monoisotopic (exact) mass is 354 g/mol. The van der Waals surface area contributed by atoms with Crippen molar-refractivity contribution in [3.8, 4) is 0 Å². The van der Waals surface area contributed by atoms with Gasteiger partial charge in [-0.1, -0.05) is 39.7 Å². The molecule has 4 nitrogen and oxygen atoms in total. The van der Waals surface area contributed by atoms with E-state index in [0.717, 1.165) is 10.0 Å². The van der Waals surface area contributed by atoms with E-state index in [2.05, 4.69) is 20.9 Å². The number of carbonyl (C=O) groups is 1. The summed E-state index contributed by atoms with van der Waals surface area (Å²) in [6.07, 6.45) is 0. The molecule has 0 amide bonds. The minimum Gasteiger partial charge on any atom is -0.478 e. The molecule has 0 unspecified atom stereocenters. The van der Waals surface area contributed by atoms with Gasteiger partial charge in [0.05, 0.1) is 5.56 Å². The van der Waals surface area contributed by atoms with Crippen LogP contribution in [-0.4, -0.2) is 23.1 Å². The van der Waals surface area contributed by atoms with Gasteiger partial charge in [-0.25, -0.2) is 9.78 Å². The molecule has 0 saturated carbocycles. The second kappa shape index (κ2) is 6.24. The number of carboxylic acid groups (broad SMARTS) is 1. The summed E-state index contributed by atoms with van der Waals surface area (Å²) < 4.78 is 1.01. The molecular formula is C14H12BrClN2O2. The lowest BCUT2D eigenvalue weighted by Crippen LogP contribution is -2.18. The molecule has 1 heterocycles. The third kappa shape index (κ3) is 3.71. The highest BCUT2D eigenvalue weighted by Crippen LogP contribution is 2.20. The summed E-state index contributed by atoms with van der Waals surface area (Å²) in [6.45, 7) is 0.611. The van der Waals surface area contributed by atoms with Gasteiger partial charge in [-0.3, -0.25) is 0 Å². The largest absolute Gasteiger partial charge is 0.478 e. The van der Waals surface area contributed by atoms with Crippen molar-refractivity contribution in [3.63, 3.8) is 0 Å². The molecule has 1 N–H and O–H groups in total. The first-order valence-electron chi connectivity index (χ1n) is 5.82. The van der Waals surface area contributed by atoms with E-state index in [4.69, 9.17) is 16.7 Å². The first-order chi connectivity index (χ1) is 9.45. The summed E-state index contributed by atoms with van der Waals surface area (Å²) >= 11 is 9.24. The molecule has 0 radical (unpaired) electrons. The van der Waals surface area contributed by atoms with Gasteiger partial charge in [0.2, 0.25) is 0 Å². The third-order valence-electron chi connectivity index (χ3n) is 2.75. The minimum atomic E-state index is -1.02. The van der Waals surface area contributed by atoms with Gasteiger partial charge >= 0.3 is 5.97 Å². The van der Waals surface area contributed by atoms with E-state index in [1.54, 1.807) is 0 Å². The Morgan fingerprint density at radius 3 is 2.60 bits per heavy atom. The van der Waals surface area contributed by atoms with Gasteiger partial charge in [-0.05, 0) is 29.8 Å². The van der Waals surface area contributed by atoms with Crippen molar-refractivity contribution < 1.29 is 9.90 Å². The molecule has 0 aliphatic carbocycles. The van der Waals surface area contributed by atoms with E-state index in [1.807, 2.05) is 36.2 Å². The Bertz CT molecular complexity index is 632. The number of rotatable bonds is 4. The highest BCUT2D eigenvalue weighted by atomic mass is 79.9. The molecule has 1 aromatic carbocycles. The molecule has 0 bridgehead atoms. The fourth-order valence-electron chi connectivity index (χ4n) is 1.75. The van der Waals surface area contributed by atoms with Gasteiger partial charge in [-0.2, -0.15) is 0 Å². The molecule has 0 atom stereocenters. The molecule has 0 spiro atoms. The van der Waals surface area contributed by atoms with E-state index in [1.165, 1.54) is 12.1 Å². The SMILES string of the molecule is CN(Cc1ccc(Br)cc1)c1cc(C(=O)O)cc(Cl)n1. The van der Waals surface area contributed by atoms with Crippen LogP contribution in [0.5, 0.6) is 0 Å². The Kier molecular flexibility index (Phi) is 4.62. The van der Waals surface area contributed by atoms with Crippen LogP contribution in [-0.2, 0) is 6.54 Å². The minimum absolute atomic E-state index is 0.127. The van der Waals surface area contributed by atoms with Crippen LogP contribution in [0.3, 0.4) is 0 Å². The van der Waals surface area contributed by atoms with Gasteiger partial charge in [0.1, 0.15) is 11.0 Å². The fourth-order valence-corrected chi connectivity index (χ4v) is 2.22. The lowest BCUT2D eigenvalue weighted by atomic mass is 10.2. The standard InChI is InChI=1S/C14H12BrClN2O2/c1-18(8-9-2-4-11(15)5-3-9)13-7-10(14(19)20)6-12(16)17-13/h2-7H,8H2,1H3,(H,19,20). The first-order valence-corrected chi connectivity index (χ1v) is 6.99. The zero-order chi connectivity index (χ0) is 14.7. The number of nitrogens with zero attached hydrogens (tertiary/aromatic N) is 2. The highest BCUT2D eigenvalue weighted by molar-refractivity contribution is 9.10. The predicted octanol–water partition coefficient (Wildman–Crippen LogP) is 3.83. The lowest BCUT2D eigenvalue weighted by molar-refractivity contribution is 0.0697. The van der Waals surface area contributed by atoms with Crippen LogP contribution >= 0.6 is 27.5 Å². The molecule has 0 fully saturated rings. The van der Waals surface area contributed by atoms with Gasteiger partial charge in [0.25, 0.3) is 0 Å². The Morgan fingerprint density at radius 1 is 1.35 bits per heavy atom. The van der Waals surface area contributed by atoms with Crippen LogP contribution in [0.25, 0.3) is 0 Å². The first kappa shape index (κ1) is 14.8. The number of halogens is 2. The van der Waals surface area contributed by atoms with Crippen LogP contribution in [0.1, 0.15) is 15.9 Å². The van der Waals surface area contributed by atoms with Crippen LogP contribution in [0.2, 0.25) is 5.15 Å². The molecule has 2 aromatic rings. The number of anilines is 1. The molecule has 1 aromatic heterocycles. The van der Waals surface area contributed by atoms with E-state index < -0.39 is 5.97 Å². The lowest BCUT2D eigenvalue weighted by Gasteiger charge is -2.19. The van der Waals surface area contributed by atoms with Gasteiger partial charge in [0, 0.05) is 18.1 Å². The van der Waals surface area contributed by atoms with Crippen molar-refractivity contribution >= 4 is 39.3 Å². The second-order valence-electron chi connectivity index (χ2n) is 4.32. The Labute approximate surface area is 130 Å². The Balaban J connectivity index is 2.22. The molecule has 104 valence electrons. The second-order valence-corrected chi connectivity index (χ2v) is 5.63. The van der Waals surface area contributed by atoms with Gasteiger partial charge in [-0.15, -0.1) is 0 Å². The van der Waals surface area contributed by atoms with Gasteiger partial charge < -0.3 is 10.0 Å². The quantitative estimate of drug-likeness (QED) is 0.847. The maximum absolute atomic E-state index is 11.0. The smallest absolute Gasteiger partial charge is 0.335 e. The summed E-state index contributed by atoms with van der Waals surface area (Å²) in [7, 11) is 1.84. The zero-order valence-corrected chi connectivity index (χ0v) is 13.0. The molecular weight excluding hydrogens is 344 g/mol. The van der Waals surface area contributed by atoms with E-state index >= 15 is 0 Å². The number of hydrogen-bond acceptors (Lipinski definition) is 3. The summed E-state index contributed by atoms with van der Waals surface area (Å²) in [5, 5.41) is 9.19. The summed E-state index contributed by atoms with van der Waals surface area (Å²) in [4.78, 5) is 17.0.